The lowest BCUT2D eigenvalue weighted by atomic mass is 9.85. The fourth-order valence-electron chi connectivity index (χ4n) is 14.9. The summed E-state index contributed by atoms with van der Waals surface area (Å²) < 4.78 is 30.1. The highest BCUT2D eigenvalue weighted by Crippen LogP contribution is 2.58. The van der Waals surface area contributed by atoms with Crippen LogP contribution in [0.5, 0.6) is 57.5 Å². The van der Waals surface area contributed by atoms with Gasteiger partial charge in [-0.25, -0.2) is 0 Å². The Hall–Kier alpha value is -11.1. The summed E-state index contributed by atoms with van der Waals surface area (Å²) in [4.78, 5) is 17.5. The van der Waals surface area contributed by atoms with Gasteiger partial charge in [0.05, 0.1) is 43.9 Å². The van der Waals surface area contributed by atoms with E-state index >= 15 is 0 Å². The lowest BCUT2D eigenvalue weighted by Crippen LogP contribution is -2.39. The van der Waals surface area contributed by atoms with E-state index in [1.165, 1.54) is 78.5 Å². The van der Waals surface area contributed by atoms with Gasteiger partial charge in [0, 0.05) is 57.4 Å². The minimum atomic E-state index is 0.00991. The highest BCUT2D eigenvalue weighted by molar-refractivity contribution is 8.05. The van der Waals surface area contributed by atoms with E-state index in [9.17, 15) is 0 Å². The molecule has 0 amide bonds. The average Bonchev–Trinajstić information content (AvgIpc) is 0.747. The third kappa shape index (κ3) is 18.7. The van der Waals surface area contributed by atoms with E-state index in [4.69, 9.17) is 23.7 Å². The first-order chi connectivity index (χ1) is 57.3. The maximum Gasteiger partial charge on any atom is 0.173 e. The van der Waals surface area contributed by atoms with Crippen molar-refractivity contribution in [1.82, 2.24) is 0 Å². The largest absolute Gasteiger partial charge is 0.455 e. The predicted molar refractivity (Wildman–Crippen MR) is 506 cm³/mol. The molecule has 0 bridgehead atoms. The molecule has 0 atom stereocenters. The third-order valence-corrected chi connectivity index (χ3v) is 25.9. The maximum atomic E-state index is 6.35. The Morgan fingerprint density at radius 3 is 1.08 bits per heavy atom. The molecule has 0 spiro atoms. The van der Waals surface area contributed by atoms with Crippen molar-refractivity contribution in [2.75, 3.05) is 14.7 Å². The number of rotatable bonds is 2. The molecule has 6 aliphatic rings. The molecule has 0 radical (unpaired) electrons. The third-order valence-electron chi connectivity index (χ3n) is 21.2. The summed E-state index contributed by atoms with van der Waals surface area (Å²) in [6.45, 7) is 40.1. The topological polar surface area (TPSA) is 55.9 Å². The van der Waals surface area contributed by atoms with Gasteiger partial charge in [0.15, 0.2) is 46.0 Å². The summed E-state index contributed by atoms with van der Waals surface area (Å²) in [5.74, 6) is 8.79. The zero-order valence-electron chi connectivity index (χ0n) is 72.1. The first kappa shape index (κ1) is 83.9. The van der Waals surface area contributed by atoms with Crippen LogP contribution in [0.4, 0.5) is 45.5 Å². The summed E-state index contributed by atoms with van der Waals surface area (Å²) in [6.07, 6.45) is 0. The second-order valence-corrected chi connectivity index (χ2v) is 40.9. The molecular formula is C108H107N3O5S4. The van der Waals surface area contributed by atoms with Crippen molar-refractivity contribution in [1.29, 1.82) is 0 Å². The van der Waals surface area contributed by atoms with E-state index in [2.05, 4.69) is 364 Å². The van der Waals surface area contributed by atoms with Crippen LogP contribution in [0.2, 0.25) is 0 Å². The Bertz CT molecular complexity index is 5850. The predicted octanol–water partition coefficient (Wildman–Crippen LogP) is 33.9. The standard InChI is InChI=1S/C22H21NO.C22H21NS.C16H17NO.C16H16O2.C16H16OS.C16H16S2/c1-22(2,3)17-12-9-14-19-21(17)24-20-15-8-7-13-18(20)23(19)16-10-5-4-6-11-16;1-22(2,3)16-13-14-19-21(15-16)24-20-12-8-7-11-18(20)23(19)17-9-5-4-6-10-17;1-16(2,3)17-12-8-4-6-10-14(12)18-15-11-7-5-9-13(15)17;1-16(2,3)11-7-6-10-14-15(11)18-13-9-5-4-8-12(13)17-14;1-16(2,3)11-8-9-13-15(10-11)18-14-7-5-4-6-12(14)17-13;1-16(2,3)11-8-9-14-15(10-11)18-13-7-5-4-6-12(13)17-14/h2*4-15H,1-3H3;4-11H,1-3H3;3*4-10H,1-3H3. The average molecular weight is 1660 g/mol. The van der Waals surface area contributed by atoms with E-state index in [-0.39, 0.29) is 32.6 Å². The number of para-hydroxylation sites is 14. The molecule has 8 nitrogen and oxygen atoms in total. The molecule has 14 aromatic rings. The highest BCUT2D eigenvalue weighted by Gasteiger charge is 2.35. The molecule has 0 aliphatic carbocycles. The van der Waals surface area contributed by atoms with Crippen molar-refractivity contribution < 1.29 is 23.7 Å². The lowest BCUT2D eigenvalue weighted by Gasteiger charge is -2.41. The van der Waals surface area contributed by atoms with Crippen LogP contribution in [0.1, 0.15) is 152 Å². The molecule has 20 rings (SSSR count). The fraction of sp³-hybridized carbons (Fsp3) is 0.222. The van der Waals surface area contributed by atoms with Crippen LogP contribution < -0.4 is 38.4 Å². The number of hydrogen-bond acceptors (Lipinski definition) is 12. The smallest absolute Gasteiger partial charge is 0.173 e. The summed E-state index contributed by atoms with van der Waals surface area (Å²) in [5.41, 5.74) is 16.4. The quantitative estimate of drug-likeness (QED) is 0.166. The van der Waals surface area contributed by atoms with E-state index in [0.29, 0.717) is 0 Å². The molecule has 6 heterocycles. The van der Waals surface area contributed by atoms with Crippen molar-refractivity contribution in [3.8, 4) is 57.5 Å². The zero-order valence-corrected chi connectivity index (χ0v) is 75.4. The summed E-state index contributed by atoms with van der Waals surface area (Å²) in [7, 11) is 0. The van der Waals surface area contributed by atoms with Crippen LogP contribution in [-0.2, 0) is 27.1 Å². The SMILES string of the molecule is CC(C)(C)N1c2ccccc2Oc2ccccc21.CC(C)(C)c1ccc2c(c1)Sc1ccccc1N2c1ccccc1.CC(C)(C)c1ccc2c(c1)Sc1ccccc1O2.CC(C)(C)c1ccc2c(c1)Sc1ccccc1S2.CC(C)(C)c1cccc2c1Oc1ccccc1N2c1ccccc1.CC(C)(C)c1cccc2c1Oc1ccccc1O2. The van der Waals surface area contributed by atoms with E-state index in [0.717, 1.165) is 91.5 Å². The van der Waals surface area contributed by atoms with Gasteiger partial charge in [0.2, 0.25) is 0 Å². The van der Waals surface area contributed by atoms with Crippen LogP contribution in [0.15, 0.2) is 361 Å². The second-order valence-electron chi connectivity index (χ2n) is 36.5. The second kappa shape index (κ2) is 34.5. The van der Waals surface area contributed by atoms with Gasteiger partial charge in [-0.15, -0.1) is 0 Å². The van der Waals surface area contributed by atoms with Gasteiger partial charge in [-0.3, -0.25) is 0 Å². The maximum absolute atomic E-state index is 6.35. The van der Waals surface area contributed by atoms with Gasteiger partial charge in [-0.2, -0.15) is 0 Å². The number of ether oxygens (including phenoxy) is 5. The minimum Gasteiger partial charge on any atom is -0.455 e. The Morgan fingerprint density at radius 2 is 0.533 bits per heavy atom. The highest BCUT2D eigenvalue weighted by atomic mass is 32.2. The van der Waals surface area contributed by atoms with E-state index in [1.807, 2.05) is 132 Å². The van der Waals surface area contributed by atoms with Crippen LogP contribution in [0.3, 0.4) is 0 Å². The first-order valence-electron chi connectivity index (χ1n) is 41.3. The normalized spacial score (nSPS) is 13.4. The molecule has 6 aliphatic heterocycles. The molecule has 0 N–H and O–H groups in total. The molecular weight excluding hydrogens is 1550 g/mol. The summed E-state index contributed by atoms with van der Waals surface area (Å²) in [5, 5.41) is 0. The molecule has 608 valence electrons. The van der Waals surface area contributed by atoms with Crippen LogP contribution in [0.25, 0.3) is 0 Å². The van der Waals surface area contributed by atoms with Crippen molar-refractivity contribution >= 4 is 92.5 Å². The van der Waals surface area contributed by atoms with Crippen molar-refractivity contribution in [3.63, 3.8) is 0 Å². The fourth-order valence-corrected chi connectivity index (χ4v) is 19.2. The number of fused-ring (bicyclic) bond motifs is 12. The molecule has 14 aromatic carbocycles. The monoisotopic (exact) mass is 1650 g/mol. The minimum absolute atomic E-state index is 0.00991. The van der Waals surface area contributed by atoms with E-state index < -0.39 is 0 Å². The Morgan fingerprint density at radius 1 is 0.200 bits per heavy atom. The van der Waals surface area contributed by atoms with Gasteiger partial charge >= 0.3 is 0 Å². The summed E-state index contributed by atoms with van der Waals surface area (Å²) >= 11 is 7.43. The van der Waals surface area contributed by atoms with Gasteiger partial charge < -0.3 is 38.4 Å². The van der Waals surface area contributed by atoms with Crippen LogP contribution in [0, 0.1) is 0 Å². The molecule has 0 aromatic heterocycles. The van der Waals surface area contributed by atoms with Gasteiger partial charge in [0.1, 0.15) is 11.5 Å². The van der Waals surface area contributed by atoms with Gasteiger partial charge in [-0.05, 0) is 222 Å². The molecule has 0 saturated carbocycles. The molecule has 0 unspecified atom stereocenters. The lowest BCUT2D eigenvalue weighted by molar-refractivity contribution is 0.349. The van der Waals surface area contributed by atoms with Gasteiger partial charge in [0.25, 0.3) is 0 Å². The molecule has 0 saturated heterocycles. The molecule has 12 heteroatoms. The number of nitrogens with zero attached hydrogens (tertiary/aromatic N) is 3. The zero-order chi connectivity index (χ0) is 84.5. The first-order valence-corrected chi connectivity index (χ1v) is 44.5. The Kier molecular flexibility index (Phi) is 24.2. The van der Waals surface area contributed by atoms with Crippen molar-refractivity contribution in [3.05, 3.63) is 349 Å². The van der Waals surface area contributed by atoms with Crippen molar-refractivity contribution in [2.24, 2.45) is 0 Å². The van der Waals surface area contributed by atoms with Crippen LogP contribution >= 0.6 is 47.0 Å². The van der Waals surface area contributed by atoms with E-state index in [1.54, 1.807) is 11.8 Å². The Balaban J connectivity index is 0.000000113. The number of anilines is 8. The van der Waals surface area contributed by atoms with Crippen LogP contribution in [-0.4, -0.2) is 5.54 Å². The van der Waals surface area contributed by atoms with Crippen molar-refractivity contribution in [2.45, 2.75) is 196 Å². The number of benzene rings is 14. The Labute approximate surface area is 728 Å². The molecule has 0 fully saturated rings. The van der Waals surface area contributed by atoms with Gasteiger partial charge in [-0.1, -0.05) is 315 Å². The number of hydrogen-bond donors (Lipinski definition) is 0. The summed E-state index contributed by atoms with van der Waals surface area (Å²) in [6, 6.07) is 112. The molecule has 120 heavy (non-hydrogen) atoms.